The Hall–Kier alpha value is -3.83. The highest BCUT2D eigenvalue weighted by atomic mass is 16.6. The summed E-state index contributed by atoms with van der Waals surface area (Å²) in [7, 11) is 0. The van der Waals surface area contributed by atoms with Gasteiger partial charge in [0.2, 0.25) is 17.7 Å². The predicted octanol–water partition coefficient (Wildman–Crippen LogP) is 1.90. The van der Waals surface area contributed by atoms with Crippen LogP contribution in [-0.4, -0.2) is 70.6 Å². The Kier molecular flexibility index (Phi) is 11.1. The average molecular weight is 549 g/mol. The lowest BCUT2D eigenvalue weighted by molar-refractivity contribution is -0.145. The fourth-order valence-corrected chi connectivity index (χ4v) is 4.10. The molecule has 4 amide bonds. The molecule has 5 N–H and O–H groups in total. The van der Waals surface area contributed by atoms with E-state index in [0.717, 1.165) is 0 Å². The smallest absolute Gasteiger partial charge is 0.408 e. The molecule has 1 aromatic carbocycles. The number of primary amides is 1. The number of carbonyl (C=O) groups is 5. The number of nitrogens with one attached hydrogen (secondary N) is 2. The number of hydrogen-bond donors (Lipinski definition) is 4. The highest BCUT2D eigenvalue weighted by Gasteiger charge is 2.48. The number of para-hydroxylation sites is 1. The van der Waals surface area contributed by atoms with Crippen LogP contribution in [0.5, 0.6) is 5.75 Å². The molecule has 1 aliphatic carbocycles. The molecule has 12 nitrogen and oxygen atoms in total. The van der Waals surface area contributed by atoms with Crippen LogP contribution >= 0.6 is 0 Å². The number of carbonyl (C=O) groups excluding carboxylic acids is 5. The molecule has 0 radical (unpaired) electrons. The summed E-state index contributed by atoms with van der Waals surface area (Å²) in [6.07, 6.45) is -0.688. The van der Waals surface area contributed by atoms with Crippen LogP contribution in [0.3, 0.4) is 0 Å². The SMILES string of the molecule is CCOC(=O)CCNC(=O)C(c1ccccc1O)N(C(=O)C(CCC(N)=O)NC(=O)OC(C)(C)C)C1CC1C. The molecule has 4 atom stereocenters. The maximum absolute atomic E-state index is 14.0. The Balaban J connectivity index is 2.44. The van der Waals surface area contributed by atoms with Gasteiger partial charge in [0, 0.05) is 24.6 Å². The third-order valence-corrected chi connectivity index (χ3v) is 6.04. The Morgan fingerprint density at radius 3 is 2.33 bits per heavy atom. The summed E-state index contributed by atoms with van der Waals surface area (Å²) in [6.45, 7) is 8.73. The molecule has 0 saturated heterocycles. The molecule has 0 aliphatic heterocycles. The summed E-state index contributed by atoms with van der Waals surface area (Å²) in [4.78, 5) is 64.9. The van der Waals surface area contributed by atoms with Gasteiger partial charge < -0.3 is 35.8 Å². The van der Waals surface area contributed by atoms with Crippen molar-refractivity contribution < 1.29 is 38.6 Å². The molecule has 2 rings (SSSR count). The van der Waals surface area contributed by atoms with Gasteiger partial charge in [-0.05, 0) is 52.5 Å². The zero-order valence-corrected chi connectivity index (χ0v) is 23.2. The maximum Gasteiger partial charge on any atom is 0.408 e. The van der Waals surface area contributed by atoms with Crippen molar-refractivity contribution in [2.45, 2.75) is 84.0 Å². The van der Waals surface area contributed by atoms with Crippen molar-refractivity contribution in [2.75, 3.05) is 13.2 Å². The highest BCUT2D eigenvalue weighted by molar-refractivity contribution is 5.93. The van der Waals surface area contributed by atoms with E-state index in [2.05, 4.69) is 10.6 Å². The van der Waals surface area contributed by atoms with Crippen LogP contribution in [0.25, 0.3) is 0 Å². The molecule has 0 aromatic heterocycles. The summed E-state index contributed by atoms with van der Waals surface area (Å²) in [6, 6.07) is 3.23. The fourth-order valence-electron chi connectivity index (χ4n) is 4.10. The van der Waals surface area contributed by atoms with Crippen molar-refractivity contribution in [3.8, 4) is 5.75 Å². The van der Waals surface area contributed by atoms with E-state index in [0.29, 0.717) is 6.42 Å². The Morgan fingerprint density at radius 1 is 1.15 bits per heavy atom. The first-order valence-corrected chi connectivity index (χ1v) is 13.1. The van der Waals surface area contributed by atoms with E-state index in [9.17, 15) is 29.1 Å². The molecule has 1 aliphatic rings. The molecule has 1 fully saturated rings. The van der Waals surface area contributed by atoms with Crippen LogP contribution in [-0.2, 0) is 28.7 Å². The van der Waals surface area contributed by atoms with E-state index in [1.54, 1.807) is 39.8 Å². The lowest BCUT2D eigenvalue weighted by Gasteiger charge is -2.35. The van der Waals surface area contributed by atoms with Gasteiger partial charge in [0.25, 0.3) is 0 Å². The minimum absolute atomic E-state index is 0.0351. The van der Waals surface area contributed by atoms with Crippen molar-refractivity contribution in [1.29, 1.82) is 0 Å². The van der Waals surface area contributed by atoms with Crippen molar-refractivity contribution >= 4 is 29.8 Å². The first-order valence-electron chi connectivity index (χ1n) is 13.1. The van der Waals surface area contributed by atoms with E-state index in [1.807, 2.05) is 6.92 Å². The van der Waals surface area contributed by atoms with E-state index in [4.69, 9.17) is 15.2 Å². The molecule has 39 heavy (non-hydrogen) atoms. The molecular weight excluding hydrogens is 508 g/mol. The number of esters is 1. The molecule has 0 bridgehead atoms. The van der Waals surface area contributed by atoms with Crippen molar-refractivity contribution in [2.24, 2.45) is 11.7 Å². The van der Waals surface area contributed by atoms with E-state index < -0.39 is 47.5 Å². The fraction of sp³-hybridized carbons (Fsp3) is 0.593. The van der Waals surface area contributed by atoms with Crippen molar-refractivity contribution in [3.05, 3.63) is 29.8 Å². The molecular formula is C27H40N4O8. The quantitative estimate of drug-likeness (QED) is 0.270. The number of benzene rings is 1. The van der Waals surface area contributed by atoms with E-state index in [-0.39, 0.29) is 55.7 Å². The number of hydrogen-bond acceptors (Lipinski definition) is 8. The van der Waals surface area contributed by atoms with Crippen LogP contribution in [0.1, 0.15) is 71.9 Å². The van der Waals surface area contributed by atoms with Crippen molar-refractivity contribution in [1.82, 2.24) is 15.5 Å². The number of alkyl carbamates (subject to hydrolysis) is 1. The molecule has 12 heteroatoms. The normalized spacial score (nSPS) is 17.8. The van der Waals surface area contributed by atoms with Crippen LogP contribution in [0.4, 0.5) is 4.79 Å². The third kappa shape index (κ3) is 9.77. The first-order chi connectivity index (χ1) is 18.2. The lowest BCUT2D eigenvalue weighted by atomic mass is 10.00. The van der Waals surface area contributed by atoms with Gasteiger partial charge in [0.05, 0.1) is 13.0 Å². The lowest BCUT2D eigenvalue weighted by Crippen LogP contribution is -2.54. The van der Waals surface area contributed by atoms with E-state index in [1.165, 1.54) is 17.0 Å². The number of rotatable bonds is 13. The Labute approximate surface area is 228 Å². The molecule has 1 aromatic rings. The summed E-state index contributed by atoms with van der Waals surface area (Å²) in [5.74, 6) is -2.59. The zero-order valence-electron chi connectivity index (χ0n) is 23.2. The third-order valence-electron chi connectivity index (χ3n) is 6.04. The van der Waals surface area contributed by atoms with Gasteiger partial charge in [0.15, 0.2) is 0 Å². The standard InChI is InChI=1S/C27H40N4O8/c1-6-38-22(34)13-14-29-24(35)23(17-9-7-8-10-20(17)32)31(19-15-16(19)2)25(36)18(11-12-21(28)33)30-26(37)39-27(3,4)5/h7-10,16,18-19,23,32H,6,11-15H2,1-5H3,(H2,28,33)(H,29,35)(H,30,37). The molecule has 1 saturated carbocycles. The number of aromatic hydroxyl groups is 1. The molecule has 0 heterocycles. The minimum Gasteiger partial charge on any atom is -0.508 e. The van der Waals surface area contributed by atoms with Gasteiger partial charge >= 0.3 is 12.1 Å². The second-order valence-corrected chi connectivity index (χ2v) is 10.5. The topological polar surface area (TPSA) is 177 Å². The zero-order chi connectivity index (χ0) is 29.3. The van der Waals surface area contributed by atoms with Gasteiger partial charge in [-0.25, -0.2) is 4.79 Å². The van der Waals surface area contributed by atoms with Crippen LogP contribution in [0.15, 0.2) is 24.3 Å². The number of phenolic OH excluding ortho intramolecular Hbond substituents is 1. The predicted molar refractivity (Wildman–Crippen MR) is 141 cm³/mol. The van der Waals surface area contributed by atoms with Gasteiger partial charge in [-0.3, -0.25) is 19.2 Å². The van der Waals surface area contributed by atoms with Gasteiger partial charge in [0.1, 0.15) is 23.4 Å². The summed E-state index contributed by atoms with van der Waals surface area (Å²) in [5.41, 5.74) is 4.65. The highest BCUT2D eigenvalue weighted by Crippen LogP contribution is 2.42. The maximum atomic E-state index is 14.0. The Morgan fingerprint density at radius 2 is 1.79 bits per heavy atom. The molecule has 216 valence electrons. The van der Waals surface area contributed by atoms with E-state index >= 15 is 0 Å². The summed E-state index contributed by atoms with van der Waals surface area (Å²) in [5, 5.41) is 15.8. The van der Waals surface area contributed by atoms with Gasteiger partial charge in [-0.1, -0.05) is 25.1 Å². The van der Waals surface area contributed by atoms with Gasteiger partial charge in [-0.2, -0.15) is 0 Å². The summed E-state index contributed by atoms with van der Waals surface area (Å²) >= 11 is 0. The number of nitrogens with zero attached hydrogens (tertiary/aromatic N) is 1. The van der Waals surface area contributed by atoms with Gasteiger partial charge in [-0.15, -0.1) is 0 Å². The number of nitrogens with two attached hydrogens (primary N) is 1. The van der Waals surface area contributed by atoms with Crippen LogP contribution in [0.2, 0.25) is 0 Å². The second-order valence-electron chi connectivity index (χ2n) is 10.5. The molecule has 4 unspecified atom stereocenters. The number of ether oxygens (including phenoxy) is 2. The number of amides is 4. The van der Waals surface area contributed by atoms with Crippen molar-refractivity contribution in [3.63, 3.8) is 0 Å². The number of phenols is 1. The Bertz CT molecular complexity index is 1050. The summed E-state index contributed by atoms with van der Waals surface area (Å²) < 4.78 is 10.2. The first kappa shape index (κ1) is 31.4. The van der Waals surface area contributed by atoms with Crippen LogP contribution in [0, 0.1) is 5.92 Å². The molecule has 0 spiro atoms. The minimum atomic E-state index is -1.28. The largest absolute Gasteiger partial charge is 0.508 e. The monoisotopic (exact) mass is 548 g/mol. The van der Waals surface area contributed by atoms with Crippen LogP contribution < -0.4 is 16.4 Å². The second kappa shape index (κ2) is 13.8. The average Bonchev–Trinajstić information content (AvgIpc) is 3.54.